The first kappa shape index (κ1) is 10.6. The van der Waals surface area contributed by atoms with Gasteiger partial charge in [-0.15, -0.1) is 11.3 Å². The first-order valence-electron chi connectivity index (χ1n) is 5.46. The van der Waals surface area contributed by atoms with Crippen molar-refractivity contribution in [1.82, 2.24) is 10.3 Å². The molecule has 1 N–H and O–H groups in total. The Morgan fingerprint density at radius 1 is 1.60 bits per heavy atom. The second kappa shape index (κ2) is 4.75. The number of rotatable bonds is 3. The lowest BCUT2D eigenvalue weighted by Gasteiger charge is -2.19. The number of hydrogen-bond acceptors (Lipinski definition) is 3. The van der Waals surface area contributed by atoms with Gasteiger partial charge in [0.2, 0.25) is 0 Å². The normalized spacial score (nSPS) is 19.0. The van der Waals surface area contributed by atoms with Crippen LogP contribution in [0.2, 0.25) is 0 Å². The molecular weight excluding hydrogens is 208 g/mol. The van der Waals surface area contributed by atoms with E-state index in [1.165, 1.54) is 37.0 Å². The number of amides is 1. The van der Waals surface area contributed by atoms with E-state index in [1.807, 2.05) is 0 Å². The Balaban J connectivity index is 1.88. The fourth-order valence-electron chi connectivity index (χ4n) is 2.18. The van der Waals surface area contributed by atoms with Gasteiger partial charge in [0.25, 0.3) is 5.91 Å². The summed E-state index contributed by atoms with van der Waals surface area (Å²) in [5, 5.41) is 4.82. The molecule has 0 aliphatic heterocycles. The summed E-state index contributed by atoms with van der Waals surface area (Å²) in [6.45, 7) is 2.10. The van der Waals surface area contributed by atoms with Crippen LogP contribution < -0.4 is 5.32 Å². The van der Waals surface area contributed by atoms with Crippen molar-refractivity contribution in [2.24, 2.45) is 5.92 Å². The van der Waals surface area contributed by atoms with Crippen molar-refractivity contribution in [2.45, 2.75) is 38.6 Å². The van der Waals surface area contributed by atoms with Gasteiger partial charge in [0.1, 0.15) is 5.69 Å². The van der Waals surface area contributed by atoms with E-state index in [9.17, 15) is 4.79 Å². The van der Waals surface area contributed by atoms with Crippen LogP contribution in [0.1, 0.15) is 43.1 Å². The van der Waals surface area contributed by atoms with Crippen molar-refractivity contribution < 1.29 is 4.79 Å². The van der Waals surface area contributed by atoms with E-state index in [-0.39, 0.29) is 11.9 Å². The van der Waals surface area contributed by atoms with E-state index in [1.54, 1.807) is 10.9 Å². The largest absolute Gasteiger partial charge is 0.348 e. The van der Waals surface area contributed by atoms with Crippen molar-refractivity contribution in [1.29, 1.82) is 0 Å². The van der Waals surface area contributed by atoms with E-state index in [0.717, 1.165) is 0 Å². The lowest BCUT2D eigenvalue weighted by Crippen LogP contribution is -2.37. The smallest absolute Gasteiger partial charge is 0.270 e. The van der Waals surface area contributed by atoms with E-state index in [2.05, 4.69) is 17.2 Å². The predicted molar refractivity (Wildman–Crippen MR) is 61.0 cm³/mol. The number of aromatic nitrogens is 1. The molecule has 2 rings (SSSR count). The van der Waals surface area contributed by atoms with Crippen LogP contribution in [0.5, 0.6) is 0 Å². The van der Waals surface area contributed by atoms with Gasteiger partial charge in [0.15, 0.2) is 0 Å². The fourth-order valence-corrected chi connectivity index (χ4v) is 2.71. The molecule has 4 heteroatoms. The van der Waals surface area contributed by atoms with Gasteiger partial charge in [-0.25, -0.2) is 4.98 Å². The summed E-state index contributed by atoms with van der Waals surface area (Å²) < 4.78 is 0. The van der Waals surface area contributed by atoms with Crippen molar-refractivity contribution in [3.05, 3.63) is 16.6 Å². The first-order chi connectivity index (χ1) is 7.27. The molecular formula is C11H16N2OS. The number of carbonyl (C=O) groups excluding carboxylic acids is 1. The molecule has 1 unspecified atom stereocenters. The molecule has 1 aliphatic carbocycles. The third-order valence-corrected chi connectivity index (χ3v) is 3.72. The molecule has 1 heterocycles. The van der Waals surface area contributed by atoms with Crippen LogP contribution in [0.4, 0.5) is 0 Å². The highest BCUT2D eigenvalue weighted by molar-refractivity contribution is 7.07. The molecule has 1 fully saturated rings. The van der Waals surface area contributed by atoms with E-state index in [0.29, 0.717) is 11.6 Å². The Hall–Kier alpha value is -0.900. The van der Waals surface area contributed by atoms with E-state index >= 15 is 0 Å². The number of hydrogen-bond donors (Lipinski definition) is 1. The van der Waals surface area contributed by atoms with Gasteiger partial charge in [-0.2, -0.15) is 0 Å². The molecule has 15 heavy (non-hydrogen) atoms. The standard InChI is InChI=1S/C11H16N2OS/c1-8(9-4-2-3-5-9)13-11(14)10-6-15-7-12-10/h6-9H,2-5H2,1H3,(H,13,14). The molecule has 1 saturated carbocycles. The lowest BCUT2D eigenvalue weighted by molar-refractivity contribution is 0.0923. The van der Waals surface area contributed by atoms with Gasteiger partial charge in [0.05, 0.1) is 5.51 Å². The summed E-state index contributed by atoms with van der Waals surface area (Å²) in [7, 11) is 0. The maximum atomic E-state index is 11.7. The summed E-state index contributed by atoms with van der Waals surface area (Å²) in [5.41, 5.74) is 2.24. The quantitative estimate of drug-likeness (QED) is 0.857. The van der Waals surface area contributed by atoms with Gasteiger partial charge in [0, 0.05) is 11.4 Å². The molecule has 0 spiro atoms. The highest BCUT2D eigenvalue weighted by atomic mass is 32.1. The van der Waals surface area contributed by atoms with Gasteiger partial charge in [-0.1, -0.05) is 12.8 Å². The second-order valence-electron chi connectivity index (χ2n) is 4.18. The van der Waals surface area contributed by atoms with Crippen molar-refractivity contribution >= 4 is 17.2 Å². The van der Waals surface area contributed by atoms with Crippen LogP contribution in [0, 0.1) is 5.92 Å². The third kappa shape index (κ3) is 2.56. The number of nitrogens with zero attached hydrogens (tertiary/aromatic N) is 1. The highest BCUT2D eigenvalue weighted by Crippen LogP contribution is 2.27. The summed E-state index contributed by atoms with van der Waals surface area (Å²) in [5.74, 6) is 0.628. The monoisotopic (exact) mass is 224 g/mol. The maximum absolute atomic E-state index is 11.7. The molecule has 1 aromatic rings. The van der Waals surface area contributed by atoms with Gasteiger partial charge in [-0.3, -0.25) is 4.79 Å². The Morgan fingerprint density at radius 2 is 2.33 bits per heavy atom. The summed E-state index contributed by atoms with van der Waals surface area (Å²) in [6, 6.07) is 0.279. The molecule has 0 saturated heterocycles. The molecule has 1 aliphatic rings. The minimum Gasteiger partial charge on any atom is -0.348 e. The number of thiazole rings is 1. The van der Waals surface area contributed by atoms with E-state index in [4.69, 9.17) is 0 Å². The van der Waals surface area contributed by atoms with Crippen LogP contribution >= 0.6 is 11.3 Å². The summed E-state index contributed by atoms with van der Waals surface area (Å²) in [4.78, 5) is 15.7. The van der Waals surface area contributed by atoms with Gasteiger partial charge in [-0.05, 0) is 25.7 Å². The Morgan fingerprint density at radius 3 is 2.93 bits per heavy atom. The molecule has 0 radical (unpaired) electrons. The topological polar surface area (TPSA) is 42.0 Å². The summed E-state index contributed by atoms with van der Waals surface area (Å²) >= 11 is 1.46. The minimum atomic E-state index is -0.0318. The molecule has 0 aromatic carbocycles. The minimum absolute atomic E-state index is 0.0318. The van der Waals surface area contributed by atoms with Crippen LogP contribution in [0.3, 0.4) is 0 Å². The van der Waals surface area contributed by atoms with Crippen molar-refractivity contribution in [3.63, 3.8) is 0 Å². The van der Waals surface area contributed by atoms with Gasteiger partial charge >= 0.3 is 0 Å². The zero-order valence-corrected chi connectivity index (χ0v) is 9.72. The predicted octanol–water partition coefficient (Wildman–Crippen LogP) is 2.45. The van der Waals surface area contributed by atoms with Gasteiger partial charge < -0.3 is 5.32 Å². The van der Waals surface area contributed by atoms with Crippen molar-refractivity contribution in [2.75, 3.05) is 0 Å². The fraction of sp³-hybridized carbons (Fsp3) is 0.636. The zero-order valence-electron chi connectivity index (χ0n) is 8.90. The third-order valence-electron chi connectivity index (χ3n) is 3.13. The van der Waals surface area contributed by atoms with Crippen LogP contribution in [0.15, 0.2) is 10.9 Å². The SMILES string of the molecule is CC(NC(=O)c1cscn1)C1CCCC1. The maximum Gasteiger partial charge on any atom is 0.270 e. The highest BCUT2D eigenvalue weighted by Gasteiger charge is 2.23. The van der Waals surface area contributed by atoms with Crippen molar-refractivity contribution in [3.8, 4) is 0 Å². The molecule has 3 nitrogen and oxygen atoms in total. The molecule has 1 atom stereocenters. The molecule has 0 bridgehead atoms. The Bertz CT molecular complexity index is 317. The number of nitrogens with one attached hydrogen (secondary N) is 1. The Kier molecular flexibility index (Phi) is 3.36. The molecule has 1 aromatic heterocycles. The average Bonchev–Trinajstić information content (AvgIpc) is 2.91. The Labute approximate surface area is 93.9 Å². The van der Waals surface area contributed by atoms with Crippen LogP contribution in [-0.4, -0.2) is 16.9 Å². The zero-order chi connectivity index (χ0) is 10.7. The molecule has 1 amide bonds. The van der Waals surface area contributed by atoms with Crippen LogP contribution in [-0.2, 0) is 0 Å². The summed E-state index contributed by atoms with van der Waals surface area (Å²) in [6.07, 6.45) is 5.11. The van der Waals surface area contributed by atoms with E-state index < -0.39 is 0 Å². The first-order valence-corrected chi connectivity index (χ1v) is 6.40. The average molecular weight is 224 g/mol. The second-order valence-corrected chi connectivity index (χ2v) is 4.90. The van der Waals surface area contributed by atoms with Crippen LogP contribution in [0.25, 0.3) is 0 Å². The lowest BCUT2D eigenvalue weighted by atomic mass is 10.00. The number of carbonyl (C=O) groups is 1. The molecule has 82 valence electrons.